The lowest BCUT2D eigenvalue weighted by Gasteiger charge is -2.29. The fraction of sp³-hybridized carbons (Fsp3) is 0.360. The van der Waals surface area contributed by atoms with Gasteiger partial charge < -0.3 is 0 Å². The summed E-state index contributed by atoms with van der Waals surface area (Å²) in [5, 5.41) is 0. The summed E-state index contributed by atoms with van der Waals surface area (Å²) < 4.78 is 72.9. The predicted octanol–water partition coefficient (Wildman–Crippen LogP) is 8.32. The molecule has 5 heteroatoms. The fourth-order valence-corrected chi connectivity index (χ4v) is 4.35. The van der Waals surface area contributed by atoms with Crippen molar-refractivity contribution in [2.45, 2.75) is 51.4 Å². The molecule has 0 heterocycles. The van der Waals surface area contributed by atoms with Crippen LogP contribution in [0.1, 0.15) is 62.5 Å². The maximum absolute atomic E-state index is 14.9. The quantitative estimate of drug-likeness (QED) is 0.250. The van der Waals surface area contributed by atoms with Crippen LogP contribution in [0.25, 0.3) is 17.2 Å². The summed E-state index contributed by atoms with van der Waals surface area (Å²) >= 11 is 0. The number of hydrogen-bond acceptors (Lipinski definition) is 0. The molecule has 0 saturated heterocycles. The number of benzene rings is 2. The molecule has 30 heavy (non-hydrogen) atoms. The third-order valence-electron chi connectivity index (χ3n) is 5.95. The molecule has 0 unspecified atom stereocenters. The molecule has 0 radical (unpaired) electrons. The van der Waals surface area contributed by atoms with E-state index in [4.69, 9.17) is 0 Å². The highest BCUT2D eigenvalue weighted by atomic mass is 19.2. The molecule has 0 nitrogen and oxygen atoms in total. The first-order chi connectivity index (χ1) is 14.4. The normalized spacial score (nSPS) is 19.4. The van der Waals surface area contributed by atoms with E-state index >= 15 is 0 Å². The summed E-state index contributed by atoms with van der Waals surface area (Å²) in [7, 11) is 0. The van der Waals surface area contributed by atoms with Crippen LogP contribution in [0.4, 0.5) is 22.0 Å². The lowest BCUT2D eigenvalue weighted by molar-refractivity contribution is 0.305. The number of hydrogen-bond donors (Lipinski definition) is 0. The van der Waals surface area contributed by atoms with E-state index in [1.54, 1.807) is 6.92 Å². The Morgan fingerprint density at radius 2 is 1.53 bits per heavy atom. The standard InChI is InChI=1S/C25H25F5/c1-3-5-7-15-8-10-16(11-9-15)19-14-22(28)23(25(30)24(19)29)17-12-20(26)18(6-4-2)21(27)13-17/h3-4,6,12-16H,1,5,7-11H2,2H3. The molecule has 1 saturated carbocycles. The molecule has 0 aliphatic heterocycles. The summed E-state index contributed by atoms with van der Waals surface area (Å²) in [4.78, 5) is 0. The van der Waals surface area contributed by atoms with Crippen molar-refractivity contribution in [1.82, 2.24) is 0 Å². The lowest BCUT2D eigenvalue weighted by Crippen LogP contribution is -2.15. The Labute approximate surface area is 174 Å². The summed E-state index contributed by atoms with van der Waals surface area (Å²) in [6.45, 7) is 5.30. The Hall–Kier alpha value is -2.43. The van der Waals surface area contributed by atoms with Crippen LogP contribution < -0.4 is 0 Å². The SMILES string of the molecule is C=CCCC1CCC(c2cc(F)c(-c3cc(F)c(C=CC)c(F)c3)c(F)c2F)CC1. The van der Waals surface area contributed by atoms with Crippen LogP contribution in [0.3, 0.4) is 0 Å². The molecule has 1 aliphatic carbocycles. The van der Waals surface area contributed by atoms with Crippen LogP contribution in [0.5, 0.6) is 0 Å². The highest BCUT2D eigenvalue weighted by Crippen LogP contribution is 2.41. The maximum Gasteiger partial charge on any atom is 0.169 e. The second-order valence-corrected chi connectivity index (χ2v) is 7.89. The molecule has 2 aromatic rings. The monoisotopic (exact) mass is 420 g/mol. The van der Waals surface area contributed by atoms with Gasteiger partial charge in [-0.3, -0.25) is 0 Å². The Balaban J connectivity index is 1.92. The van der Waals surface area contributed by atoms with Crippen LogP contribution in [-0.2, 0) is 0 Å². The minimum absolute atomic E-state index is 0.00222. The second kappa shape index (κ2) is 9.59. The highest BCUT2D eigenvalue weighted by Gasteiger charge is 2.28. The second-order valence-electron chi connectivity index (χ2n) is 7.89. The molecule has 0 spiro atoms. The average molecular weight is 420 g/mol. The summed E-state index contributed by atoms with van der Waals surface area (Å²) in [5.41, 5.74) is -1.43. The number of rotatable bonds is 6. The molecule has 0 atom stereocenters. The largest absolute Gasteiger partial charge is 0.206 e. The Morgan fingerprint density at radius 3 is 2.10 bits per heavy atom. The molecular formula is C25H25F5. The number of halogens is 5. The lowest BCUT2D eigenvalue weighted by atomic mass is 9.76. The van der Waals surface area contributed by atoms with E-state index in [-0.39, 0.29) is 22.6 Å². The van der Waals surface area contributed by atoms with Gasteiger partial charge in [0.05, 0.1) is 5.56 Å². The zero-order chi connectivity index (χ0) is 21.8. The Kier molecular flexibility index (Phi) is 7.11. The molecule has 0 N–H and O–H groups in total. The van der Waals surface area contributed by atoms with Crippen molar-refractivity contribution in [3.8, 4) is 11.1 Å². The van der Waals surface area contributed by atoms with Gasteiger partial charge in [0.1, 0.15) is 17.5 Å². The van der Waals surface area contributed by atoms with Gasteiger partial charge in [-0.05, 0) is 86.6 Å². The van der Waals surface area contributed by atoms with E-state index < -0.39 is 34.6 Å². The average Bonchev–Trinajstić information content (AvgIpc) is 2.72. The molecule has 1 aliphatic rings. The van der Waals surface area contributed by atoms with E-state index in [0.29, 0.717) is 18.8 Å². The van der Waals surface area contributed by atoms with Gasteiger partial charge in [0.15, 0.2) is 11.6 Å². The Bertz CT molecular complexity index is 929. The molecule has 0 amide bonds. The van der Waals surface area contributed by atoms with Gasteiger partial charge in [-0.15, -0.1) is 6.58 Å². The minimum atomic E-state index is -1.41. The molecule has 1 fully saturated rings. The first-order valence-electron chi connectivity index (χ1n) is 10.3. The van der Waals surface area contributed by atoms with Gasteiger partial charge in [-0.2, -0.15) is 0 Å². The summed E-state index contributed by atoms with van der Waals surface area (Å²) in [6.07, 6.45) is 9.50. The van der Waals surface area contributed by atoms with Crippen LogP contribution in [0.15, 0.2) is 36.9 Å². The van der Waals surface area contributed by atoms with E-state index in [1.165, 1.54) is 12.2 Å². The highest BCUT2D eigenvalue weighted by molar-refractivity contribution is 5.68. The first kappa shape index (κ1) is 22.3. The van der Waals surface area contributed by atoms with Crippen LogP contribution in [0, 0.1) is 35.0 Å². The maximum atomic E-state index is 14.9. The van der Waals surface area contributed by atoms with E-state index in [9.17, 15) is 22.0 Å². The van der Waals surface area contributed by atoms with Crippen molar-refractivity contribution in [3.63, 3.8) is 0 Å². The molecule has 0 bridgehead atoms. The third kappa shape index (κ3) is 4.50. The predicted molar refractivity (Wildman–Crippen MR) is 111 cm³/mol. The van der Waals surface area contributed by atoms with Crippen molar-refractivity contribution in [2.75, 3.05) is 0 Å². The topological polar surface area (TPSA) is 0 Å². The van der Waals surface area contributed by atoms with Crippen molar-refractivity contribution in [2.24, 2.45) is 5.92 Å². The van der Waals surface area contributed by atoms with Crippen molar-refractivity contribution in [1.29, 1.82) is 0 Å². The molecule has 160 valence electrons. The van der Waals surface area contributed by atoms with Gasteiger partial charge in [-0.1, -0.05) is 18.2 Å². The molecule has 0 aromatic heterocycles. The molecule has 3 rings (SSSR count). The van der Waals surface area contributed by atoms with Crippen molar-refractivity contribution >= 4 is 6.08 Å². The number of allylic oxidation sites excluding steroid dienone is 2. The van der Waals surface area contributed by atoms with Gasteiger partial charge >= 0.3 is 0 Å². The van der Waals surface area contributed by atoms with Gasteiger partial charge in [-0.25, -0.2) is 22.0 Å². The van der Waals surface area contributed by atoms with E-state index in [0.717, 1.165) is 43.9 Å². The Morgan fingerprint density at radius 1 is 0.900 bits per heavy atom. The summed E-state index contributed by atoms with van der Waals surface area (Å²) in [5.74, 6) is -5.26. The first-order valence-corrected chi connectivity index (χ1v) is 10.3. The van der Waals surface area contributed by atoms with E-state index in [1.807, 2.05) is 6.08 Å². The zero-order valence-electron chi connectivity index (χ0n) is 17.0. The molecule has 2 aromatic carbocycles. The van der Waals surface area contributed by atoms with Crippen LogP contribution in [0.2, 0.25) is 0 Å². The van der Waals surface area contributed by atoms with Gasteiger partial charge in [0.2, 0.25) is 0 Å². The summed E-state index contributed by atoms with van der Waals surface area (Å²) in [6, 6.07) is 2.63. The van der Waals surface area contributed by atoms with Crippen molar-refractivity contribution < 1.29 is 22.0 Å². The molecular weight excluding hydrogens is 395 g/mol. The van der Waals surface area contributed by atoms with E-state index in [2.05, 4.69) is 6.58 Å². The van der Waals surface area contributed by atoms with Gasteiger partial charge in [0, 0.05) is 5.56 Å². The minimum Gasteiger partial charge on any atom is -0.206 e. The van der Waals surface area contributed by atoms with Crippen molar-refractivity contribution in [3.05, 3.63) is 77.1 Å². The van der Waals surface area contributed by atoms with Crippen LogP contribution >= 0.6 is 0 Å². The smallest absolute Gasteiger partial charge is 0.169 e. The zero-order valence-corrected chi connectivity index (χ0v) is 17.0. The third-order valence-corrected chi connectivity index (χ3v) is 5.95. The van der Waals surface area contributed by atoms with Gasteiger partial charge in [0.25, 0.3) is 0 Å². The fourth-order valence-electron chi connectivity index (χ4n) is 4.35. The van der Waals surface area contributed by atoms with Crippen LogP contribution in [-0.4, -0.2) is 0 Å².